The third kappa shape index (κ3) is 5.22. The highest BCUT2D eigenvalue weighted by molar-refractivity contribution is 5.75. The Morgan fingerprint density at radius 1 is 1.21 bits per heavy atom. The molecule has 1 aromatic carbocycles. The third-order valence-electron chi connectivity index (χ3n) is 5.97. The quantitative estimate of drug-likeness (QED) is 0.714. The highest BCUT2D eigenvalue weighted by atomic mass is 19.1. The molecular weight excluding hydrogens is 361 g/mol. The molecule has 0 aliphatic heterocycles. The number of rotatable bonds is 8. The normalized spacial score (nSPS) is 22.1. The maximum Gasteiger partial charge on any atom is 0.318 e. The van der Waals surface area contributed by atoms with Crippen molar-refractivity contribution in [3.63, 3.8) is 0 Å². The minimum Gasteiger partial charge on any atom is -0.480 e. The molecule has 0 spiro atoms. The second-order valence-electron chi connectivity index (χ2n) is 7.92. The first-order valence-corrected chi connectivity index (χ1v) is 10.2. The fraction of sp³-hybridized carbons (Fsp3) is 0.619. The number of benzene rings is 1. The molecule has 154 valence electrons. The average molecular weight is 391 g/mol. The lowest BCUT2D eigenvalue weighted by Crippen LogP contribution is -2.57. The van der Waals surface area contributed by atoms with Crippen molar-refractivity contribution in [2.24, 2.45) is 0 Å². The largest absolute Gasteiger partial charge is 0.480 e. The number of nitrogens with zero attached hydrogens (tertiary/aromatic N) is 2. The molecule has 7 heteroatoms. The molecule has 0 radical (unpaired) electrons. The molecule has 2 amide bonds. The highest BCUT2D eigenvalue weighted by Crippen LogP contribution is 2.28. The number of carbonyl (C=O) groups excluding carboxylic acids is 1. The summed E-state index contributed by atoms with van der Waals surface area (Å²) in [4.78, 5) is 27.7. The van der Waals surface area contributed by atoms with Crippen molar-refractivity contribution in [1.29, 1.82) is 0 Å². The summed E-state index contributed by atoms with van der Waals surface area (Å²) in [6.07, 6.45) is 5.74. The van der Waals surface area contributed by atoms with Crippen LogP contribution in [0.25, 0.3) is 0 Å². The van der Waals surface area contributed by atoms with E-state index in [4.69, 9.17) is 5.11 Å². The Hall–Kier alpha value is -2.15. The first kappa shape index (κ1) is 20.6. The Bertz CT molecular complexity index is 687. The molecule has 2 aliphatic rings. The lowest BCUT2D eigenvalue weighted by atomic mass is 9.85. The topological polar surface area (TPSA) is 72.9 Å². The monoisotopic (exact) mass is 391 g/mol. The molecule has 2 aliphatic carbocycles. The van der Waals surface area contributed by atoms with Crippen molar-refractivity contribution in [3.05, 3.63) is 35.6 Å². The molecule has 28 heavy (non-hydrogen) atoms. The maximum absolute atomic E-state index is 13.5. The van der Waals surface area contributed by atoms with Gasteiger partial charge in [0.15, 0.2) is 0 Å². The van der Waals surface area contributed by atoms with Crippen LogP contribution >= 0.6 is 0 Å². The van der Waals surface area contributed by atoms with E-state index in [0.717, 1.165) is 44.1 Å². The average Bonchev–Trinajstić information content (AvgIpc) is 3.14. The van der Waals surface area contributed by atoms with Crippen LogP contribution in [0.3, 0.4) is 0 Å². The lowest BCUT2D eigenvalue weighted by Gasteiger charge is -2.43. The van der Waals surface area contributed by atoms with Crippen molar-refractivity contribution >= 4 is 12.0 Å². The third-order valence-corrected chi connectivity index (χ3v) is 5.97. The summed E-state index contributed by atoms with van der Waals surface area (Å²) in [6.45, 7) is 3.08. The number of halogens is 1. The van der Waals surface area contributed by atoms with E-state index in [0.29, 0.717) is 13.1 Å². The number of amides is 2. The summed E-state index contributed by atoms with van der Waals surface area (Å²) < 4.78 is 13.5. The Labute approximate surface area is 165 Å². The summed E-state index contributed by atoms with van der Waals surface area (Å²) in [5, 5.41) is 12.1. The number of carboxylic acid groups (broad SMARTS) is 1. The molecule has 0 aromatic heterocycles. The Morgan fingerprint density at radius 2 is 1.93 bits per heavy atom. The van der Waals surface area contributed by atoms with Crippen LogP contribution in [-0.4, -0.2) is 58.1 Å². The first-order chi connectivity index (χ1) is 13.5. The Kier molecular flexibility index (Phi) is 6.88. The van der Waals surface area contributed by atoms with E-state index in [-0.39, 0.29) is 36.5 Å². The molecule has 0 unspecified atom stereocenters. The van der Waals surface area contributed by atoms with E-state index in [1.165, 1.54) is 12.1 Å². The van der Waals surface area contributed by atoms with Gasteiger partial charge in [0.05, 0.1) is 6.54 Å². The number of urea groups is 1. The summed E-state index contributed by atoms with van der Waals surface area (Å²) in [6, 6.07) is 6.79. The summed E-state index contributed by atoms with van der Waals surface area (Å²) >= 11 is 0. The standard InChI is InChI=1S/C21H30FN3O3/c1-2-24(14-20(26)27)19-11-17(12-19)23-21(28)25(18-8-3-4-9-18)13-15-6-5-7-16(22)10-15/h5-7,10,17-19H,2-4,8-9,11-14H2,1H3,(H,23,28)(H,26,27). The molecule has 2 N–H and O–H groups in total. The molecule has 0 bridgehead atoms. The number of aliphatic carboxylic acids is 1. The first-order valence-electron chi connectivity index (χ1n) is 10.2. The van der Waals surface area contributed by atoms with Gasteiger partial charge in [-0.15, -0.1) is 0 Å². The van der Waals surface area contributed by atoms with Crippen LogP contribution in [-0.2, 0) is 11.3 Å². The van der Waals surface area contributed by atoms with Gasteiger partial charge < -0.3 is 15.3 Å². The number of carboxylic acids is 1. The highest BCUT2D eigenvalue weighted by Gasteiger charge is 2.36. The Morgan fingerprint density at radius 3 is 2.54 bits per heavy atom. The van der Waals surface area contributed by atoms with E-state index in [1.54, 1.807) is 6.07 Å². The van der Waals surface area contributed by atoms with Gasteiger partial charge in [0.25, 0.3) is 0 Å². The van der Waals surface area contributed by atoms with Gasteiger partial charge in [-0.1, -0.05) is 31.9 Å². The van der Waals surface area contributed by atoms with E-state index in [2.05, 4.69) is 5.32 Å². The van der Waals surface area contributed by atoms with Crippen molar-refractivity contribution in [3.8, 4) is 0 Å². The van der Waals surface area contributed by atoms with Gasteiger partial charge in [0.2, 0.25) is 0 Å². The second-order valence-corrected chi connectivity index (χ2v) is 7.92. The molecule has 6 nitrogen and oxygen atoms in total. The molecular formula is C21H30FN3O3. The molecule has 2 fully saturated rings. The van der Waals surface area contributed by atoms with Gasteiger partial charge in [-0.2, -0.15) is 0 Å². The van der Waals surface area contributed by atoms with E-state index < -0.39 is 5.97 Å². The Balaban J connectivity index is 1.57. The number of carbonyl (C=O) groups is 2. The predicted molar refractivity (Wildman–Crippen MR) is 104 cm³/mol. The SMILES string of the molecule is CCN(CC(=O)O)C1CC(NC(=O)N(Cc2cccc(F)c2)C2CCCC2)C1. The minimum absolute atomic E-state index is 0.0373. The van der Waals surface area contributed by atoms with E-state index >= 15 is 0 Å². The number of nitrogens with one attached hydrogen (secondary N) is 1. The maximum atomic E-state index is 13.5. The molecule has 0 atom stereocenters. The van der Waals surface area contributed by atoms with Gasteiger partial charge in [-0.3, -0.25) is 9.69 Å². The van der Waals surface area contributed by atoms with Gasteiger partial charge >= 0.3 is 12.0 Å². The molecule has 3 rings (SSSR count). The van der Waals surface area contributed by atoms with Crippen LogP contribution in [0.15, 0.2) is 24.3 Å². The zero-order valence-electron chi connectivity index (χ0n) is 16.4. The lowest BCUT2D eigenvalue weighted by molar-refractivity contribution is -0.139. The fourth-order valence-corrected chi connectivity index (χ4v) is 4.35. The van der Waals surface area contributed by atoms with Gasteiger partial charge in [0.1, 0.15) is 5.82 Å². The molecule has 1 aromatic rings. The van der Waals surface area contributed by atoms with Crippen LogP contribution in [0.4, 0.5) is 9.18 Å². The zero-order valence-corrected chi connectivity index (χ0v) is 16.4. The van der Waals surface area contributed by atoms with E-state index in [1.807, 2.05) is 22.8 Å². The van der Waals surface area contributed by atoms with Crippen LogP contribution in [0.1, 0.15) is 51.0 Å². The van der Waals surface area contributed by atoms with Crippen molar-refractivity contribution < 1.29 is 19.1 Å². The number of hydrogen-bond donors (Lipinski definition) is 2. The van der Waals surface area contributed by atoms with E-state index in [9.17, 15) is 14.0 Å². The van der Waals surface area contributed by atoms with Gasteiger partial charge in [-0.05, 0) is 49.9 Å². The van der Waals surface area contributed by atoms with Crippen LogP contribution < -0.4 is 5.32 Å². The fourth-order valence-electron chi connectivity index (χ4n) is 4.35. The van der Waals surface area contributed by atoms with Crippen LogP contribution in [0.2, 0.25) is 0 Å². The molecule has 0 saturated heterocycles. The smallest absolute Gasteiger partial charge is 0.318 e. The summed E-state index contributed by atoms with van der Waals surface area (Å²) in [7, 11) is 0. The molecule has 0 heterocycles. The van der Waals surface area contributed by atoms with Crippen LogP contribution in [0, 0.1) is 5.82 Å². The van der Waals surface area contributed by atoms with Crippen molar-refractivity contribution in [2.45, 2.75) is 70.1 Å². The zero-order chi connectivity index (χ0) is 20.1. The number of hydrogen-bond acceptors (Lipinski definition) is 3. The number of likely N-dealkylation sites (N-methyl/N-ethyl adjacent to an activating group) is 1. The van der Waals surface area contributed by atoms with Gasteiger partial charge in [0, 0.05) is 24.7 Å². The molecule has 2 saturated carbocycles. The van der Waals surface area contributed by atoms with Gasteiger partial charge in [-0.25, -0.2) is 9.18 Å². The minimum atomic E-state index is -0.822. The summed E-state index contributed by atoms with van der Waals surface area (Å²) in [5.74, 6) is -1.11. The van der Waals surface area contributed by atoms with Crippen LogP contribution in [0.5, 0.6) is 0 Å². The van der Waals surface area contributed by atoms with Crippen molar-refractivity contribution in [1.82, 2.24) is 15.1 Å². The summed E-state index contributed by atoms with van der Waals surface area (Å²) in [5.41, 5.74) is 0.798. The predicted octanol–water partition coefficient (Wildman–Crippen LogP) is 3.22. The van der Waals surface area contributed by atoms with Crippen molar-refractivity contribution in [2.75, 3.05) is 13.1 Å². The second kappa shape index (κ2) is 9.37.